The lowest BCUT2D eigenvalue weighted by molar-refractivity contribution is -0.146. The van der Waals surface area contributed by atoms with E-state index in [-0.39, 0.29) is 0 Å². The van der Waals surface area contributed by atoms with Gasteiger partial charge in [-0.2, -0.15) is 0 Å². The van der Waals surface area contributed by atoms with Gasteiger partial charge < -0.3 is 10.2 Å². The van der Waals surface area contributed by atoms with E-state index in [0.29, 0.717) is 0 Å². The largest absolute Gasteiger partial charge is 0.481 e. The minimum Gasteiger partial charge on any atom is -0.481 e. The number of hydrogen-bond donors (Lipinski definition) is 3. The summed E-state index contributed by atoms with van der Waals surface area (Å²) in [5, 5.41) is 18.5. The van der Waals surface area contributed by atoms with Crippen molar-refractivity contribution in [3.8, 4) is 0 Å². The van der Waals surface area contributed by atoms with Gasteiger partial charge in [-0.15, -0.1) is 0 Å². The monoisotopic (exact) mass is 197 g/mol. The number of carbonyl (C=O) groups is 2. The summed E-state index contributed by atoms with van der Waals surface area (Å²) >= 11 is 0. The van der Waals surface area contributed by atoms with Crippen molar-refractivity contribution in [1.82, 2.24) is 5.32 Å². The lowest BCUT2D eigenvalue weighted by Crippen LogP contribution is -2.40. The minimum absolute atomic E-state index is 0.720. The van der Waals surface area contributed by atoms with Gasteiger partial charge in [-0.1, -0.05) is 0 Å². The molecule has 1 atom stereocenters. The zero-order chi connectivity index (χ0) is 10.4. The summed E-state index contributed by atoms with van der Waals surface area (Å²) in [6, 6.07) is -1.47. The van der Waals surface area contributed by atoms with Crippen LogP contribution in [0.25, 0.3) is 0 Å². The van der Waals surface area contributed by atoms with Crippen molar-refractivity contribution in [2.45, 2.75) is 18.9 Å². The SMILES string of the molecule is O=C(O)CC(NCC(F)F)C(=O)O. The summed E-state index contributed by atoms with van der Waals surface area (Å²) < 4.78 is 23.2. The summed E-state index contributed by atoms with van der Waals surface area (Å²) in [5.74, 6) is -2.81. The topological polar surface area (TPSA) is 86.6 Å². The number of aliphatic carboxylic acids is 2. The Morgan fingerprint density at radius 3 is 2.15 bits per heavy atom. The molecule has 0 aliphatic rings. The third-order valence-electron chi connectivity index (χ3n) is 1.20. The fourth-order valence-corrected chi connectivity index (χ4v) is 0.653. The van der Waals surface area contributed by atoms with Crippen molar-refractivity contribution in [2.75, 3.05) is 6.54 Å². The third-order valence-corrected chi connectivity index (χ3v) is 1.20. The molecule has 0 aliphatic carbocycles. The zero-order valence-electron chi connectivity index (χ0n) is 6.54. The van der Waals surface area contributed by atoms with Gasteiger partial charge in [-0.3, -0.25) is 14.9 Å². The lowest BCUT2D eigenvalue weighted by Gasteiger charge is -2.10. The van der Waals surface area contributed by atoms with Gasteiger partial charge in [0, 0.05) is 0 Å². The van der Waals surface area contributed by atoms with Crippen LogP contribution in [0.1, 0.15) is 6.42 Å². The molecular formula is C6H9F2NO4. The van der Waals surface area contributed by atoms with Crippen molar-refractivity contribution in [3.63, 3.8) is 0 Å². The molecule has 1 unspecified atom stereocenters. The normalized spacial score (nSPS) is 12.8. The van der Waals surface area contributed by atoms with E-state index in [4.69, 9.17) is 10.2 Å². The first kappa shape index (κ1) is 11.8. The smallest absolute Gasteiger partial charge is 0.321 e. The van der Waals surface area contributed by atoms with Crippen molar-refractivity contribution in [2.24, 2.45) is 0 Å². The van der Waals surface area contributed by atoms with Crippen molar-refractivity contribution < 1.29 is 28.6 Å². The van der Waals surface area contributed by atoms with Gasteiger partial charge in [0.25, 0.3) is 6.43 Å². The van der Waals surface area contributed by atoms with Gasteiger partial charge in [0.05, 0.1) is 13.0 Å². The first-order valence-corrected chi connectivity index (χ1v) is 3.39. The van der Waals surface area contributed by atoms with Gasteiger partial charge in [0.1, 0.15) is 6.04 Å². The Morgan fingerprint density at radius 1 is 1.31 bits per heavy atom. The third kappa shape index (κ3) is 5.97. The van der Waals surface area contributed by atoms with Crippen LogP contribution in [0, 0.1) is 0 Å². The molecule has 7 heteroatoms. The van der Waals surface area contributed by atoms with E-state index in [1.807, 2.05) is 5.32 Å². The van der Waals surface area contributed by atoms with Crippen LogP contribution >= 0.6 is 0 Å². The van der Waals surface area contributed by atoms with E-state index >= 15 is 0 Å². The number of carboxylic acids is 2. The van der Waals surface area contributed by atoms with Crippen LogP contribution < -0.4 is 5.32 Å². The van der Waals surface area contributed by atoms with Gasteiger partial charge >= 0.3 is 11.9 Å². The number of nitrogens with one attached hydrogen (secondary N) is 1. The Kier molecular flexibility index (Phi) is 4.90. The number of carboxylic acid groups (broad SMARTS) is 2. The molecular weight excluding hydrogens is 188 g/mol. The van der Waals surface area contributed by atoms with E-state index in [9.17, 15) is 18.4 Å². The predicted molar refractivity (Wildman–Crippen MR) is 37.7 cm³/mol. The summed E-state index contributed by atoms with van der Waals surface area (Å²) in [6.45, 7) is -0.829. The van der Waals surface area contributed by atoms with Gasteiger partial charge in [-0.05, 0) is 0 Å². The second-order valence-corrected chi connectivity index (χ2v) is 2.29. The van der Waals surface area contributed by atoms with Crippen molar-refractivity contribution in [1.29, 1.82) is 0 Å². The Morgan fingerprint density at radius 2 is 1.85 bits per heavy atom. The molecule has 0 aromatic carbocycles. The number of hydrogen-bond acceptors (Lipinski definition) is 3. The molecule has 0 aromatic heterocycles. The van der Waals surface area contributed by atoms with E-state index < -0.39 is 37.4 Å². The standard InChI is InChI=1S/C6H9F2NO4/c7-4(8)2-9-3(6(12)13)1-5(10)11/h3-4,9H,1-2H2,(H,10,11)(H,12,13). The van der Waals surface area contributed by atoms with E-state index in [2.05, 4.69) is 0 Å². The highest BCUT2D eigenvalue weighted by atomic mass is 19.3. The zero-order valence-corrected chi connectivity index (χ0v) is 6.54. The summed E-state index contributed by atoms with van der Waals surface area (Å²) in [4.78, 5) is 20.3. The number of alkyl halides is 2. The van der Waals surface area contributed by atoms with Gasteiger partial charge in [0.15, 0.2) is 0 Å². The number of rotatable bonds is 6. The molecule has 0 aromatic rings. The predicted octanol–water partition coefficient (Wildman–Crippen LogP) is -0.231. The Balaban J connectivity index is 3.95. The van der Waals surface area contributed by atoms with Crippen molar-refractivity contribution in [3.05, 3.63) is 0 Å². The molecule has 13 heavy (non-hydrogen) atoms. The summed E-state index contributed by atoms with van der Waals surface area (Å²) in [5.41, 5.74) is 0. The average Bonchev–Trinajstić information content (AvgIpc) is 1.96. The lowest BCUT2D eigenvalue weighted by atomic mass is 10.2. The molecule has 3 N–H and O–H groups in total. The Bertz CT molecular complexity index is 197. The molecule has 0 spiro atoms. The first-order chi connectivity index (χ1) is 5.93. The van der Waals surface area contributed by atoms with Crippen LogP contribution in [0.4, 0.5) is 8.78 Å². The average molecular weight is 197 g/mol. The van der Waals surface area contributed by atoms with E-state index in [1.165, 1.54) is 0 Å². The maximum atomic E-state index is 11.6. The van der Waals surface area contributed by atoms with Crippen LogP contribution in [-0.4, -0.2) is 41.2 Å². The fraction of sp³-hybridized carbons (Fsp3) is 0.667. The highest BCUT2D eigenvalue weighted by Crippen LogP contribution is 1.95. The van der Waals surface area contributed by atoms with Crippen LogP contribution in [-0.2, 0) is 9.59 Å². The van der Waals surface area contributed by atoms with Crippen LogP contribution in [0.5, 0.6) is 0 Å². The minimum atomic E-state index is -2.70. The second-order valence-electron chi connectivity index (χ2n) is 2.29. The van der Waals surface area contributed by atoms with Crippen LogP contribution in [0.2, 0.25) is 0 Å². The molecule has 0 amide bonds. The molecule has 0 saturated heterocycles. The highest BCUT2D eigenvalue weighted by molar-refractivity contribution is 5.80. The molecule has 0 aliphatic heterocycles. The highest BCUT2D eigenvalue weighted by Gasteiger charge is 2.21. The molecule has 5 nitrogen and oxygen atoms in total. The molecule has 0 heterocycles. The van der Waals surface area contributed by atoms with E-state index in [0.717, 1.165) is 0 Å². The Labute approximate surface area is 72.4 Å². The van der Waals surface area contributed by atoms with Crippen LogP contribution in [0.3, 0.4) is 0 Å². The molecule has 0 fully saturated rings. The summed E-state index contributed by atoms with van der Waals surface area (Å²) in [7, 11) is 0. The van der Waals surface area contributed by atoms with Gasteiger partial charge in [-0.25, -0.2) is 8.78 Å². The second kappa shape index (κ2) is 5.41. The van der Waals surface area contributed by atoms with Crippen LogP contribution in [0.15, 0.2) is 0 Å². The molecule has 0 saturated carbocycles. The molecule has 76 valence electrons. The maximum Gasteiger partial charge on any atom is 0.321 e. The van der Waals surface area contributed by atoms with Crippen molar-refractivity contribution >= 4 is 11.9 Å². The molecule has 0 rings (SSSR count). The van der Waals surface area contributed by atoms with Gasteiger partial charge in [0.2, 0.25) is 0 Å². The number of halogens is 2. The first-order valence-electron chi connectivity index (χ1n) is 3.39. The van der Waals surface area contributed by atoms with E-state index in [1.54, 1.807) is 0 Å². The summed E-state index contributed by atoms with van der Waals surface area (Å²) in [6.07, 6.45) is -3.42. The fourth-order valence-electron chi connectivity index (χ4n) is 0.653. The Hall–Kier alpha value is -1.24. The quantitative estimate of drug-likeness (QED) is 0.547. The maximum absolute atomic E-state index is 11.6. The molecule has 0 bridgehead atoms. The molecule has 0 radical (unpaired) electrons.